The third kappa shape index (κ3) is 4.97. The zero-order valence-electron chi connectivity index (χ0n) is 15.8. The summed E-state index contributed by atoms with van der Waals surface area (Å²) in [4.78, 5) is 16.4. The smallest absolute Gasteiger partial charge is 0.384 e. The van der Waals surface area contributed by atoms with Crippen molar-refractivity contribution in [1.29, 1.82) is 0 Å². The second-order valence-corrected chi connectivity index (χ2v) is 6.93. The van der Waals surface area contributed by atoms with Crippen molar-refractivity contribution in [2.75, 3.05) is 42.9 Å². The van der Waals surface area contributed by atoms with Crippen molar-refractivity contribution < 1.29 is 18.0 Å². The second-order valence-electron chi connectivity index (χ2n) is 6.93. The minimum atomic E-state index is -4.42. The van der Waals surface area contributed by atoms with E-state index >= 15 is 0 Å². The number of amides is 1. The Morgan fingerprint density at radius 3 is 2.43 bits per heavy atom. The predicted octanol–water partition coefficient (Wildman–Crippen LogP) is 4.16. The molecule has 0 aliphatic carbocycles. The van der Waals surface area contributed by atoms with Crippen molar-refractivity contribution in [3.05, 3.63) is 59.7 Å². The number of carbonyl (C=O) groups is 1. The highest BCUT2D eigenvalue weighted by Gasteiger charge is 2.33. The van der Waals surface area contributed by atoms with Crippen LogP contribution in [0.15, 0.2) is 48.5 Å². The Labute approximate surface area is 162 Å². The molecule has 1 fully saturated rings. The number of nitrogens with one attached hydrogen (secondary N) is 1. The standard InChI is InChI=1S/C21H24F3N3O/c1-16-5-4-6-17(15-16)26-11-13-27(14-12-26)20(28)9-10-25-19-8-3-2-7-18(19)21(22,23)24/h2-8,15,25H,9-14H2,1H3. The molecule has 0 unspecified atom stereocenters. The molecular formula is C21H24F3N3O. The van der Waals surface area contributed by atoms with E-state index in [0.29, 0.717) is 13.1 Å². The van der Waals surface area contributed by atoms with Gasteiger partial charge >= 0.3 is 6.18 Å². The Morgan fingerprint density at radius 1 is 1.04 bits per heavy atom. The number of rotatable bonds is 5. The lowest BCUT2D eigenvalue weighted by atomic mass is 10.1. The van der Waals surface area contributed by atoms with Crippen LogP contribution < -0.4 is 10.2 Å². The van der Waals surface area contributed by atoms with Crippen LogP contribution in [0.5, 0.6) is 0 Å². The highest BCUT2D eigenvalue weighted by Crippen LogP contribution is 2.34. The molecule has 0 aromatic heterocycles. The maximum Gasteiger partial charge on any atom is 0.418 e. The van der Waals surface area contributed by atoms with Crippen LogP contribution in [-0.2, 0) is 11.0 Å². The van der Waals surface area contributed by atoms with E-state index in [1.807, 2.05) is 19.1 Å². The van der Waals surface area contributed by atoms with E-state index in [9.17, 15) is 18.0 Å². The summed E-state index contributed by atoms with van der Waals surface area (Å²) in [5.41, 5.74) is 1.64. The number of aryl methyl sites for hydroxylation is 1. The molecule has 2 aromatic carbocycles. The van der Waals surface area contributed by atoms with Crippen molar-refractivity contribution in [2.24, 2.45) is 0 Å². The lowest BCUT2D eigenvalue weighted by Gasteiger charge is -2.36. The van der Waals surface area contributed by atoms with Gasteiger partial charge in [-0.25, -0.2) is 0 Å². The summed E-state index contributed by atoms with van der Waals surface area (Å²) in [7, 11) is 0. The van der Waals surface area contributed by atoms with Crippen LogP contribution in [0.2, 0.25) is 0 Å². The molecule has 1 aliphatic rings. The van der Waals surface area contributed by atoms with Crippen molar-refractivity contribution >= 4 is 17.3 Å². The molecule has 4 nitrogen and oxygen atoms in total. The normalized spacial score (nSPS) is 14.9. The van der Waals surface area contributed by atoms with E-state index in [1.165, 1.54) is 17.7 Å². The molecule has 1 aliphatic heterocycles. The Kier molecular flexibility index (Phi) is 6.11. The molecule has 0 atom stereocenters. The third-order valence-electron chi connectivity index (χ3n) is 4.89. The minimum absolute atomic E-state index is 0.00654. The van der Waals surface area contributed by atoms with E-state index in [1.54, 1.807) is 11.0 Å². The molecule has 28 heavy (non-hydrogen) atoms. The summed E-state index contributed by atoms with van der Waals surface area (Å²) in [5.74, 6) is -0.0408. The lowest BCUT2D eigenvalue weighted by molar-refractivity contribution is -0.137. The first-order valence-corrected chi connectivity index (χ1v) is 9.34. The maximum absolute atomic E-state index is 13.0. The molecule has 1 N–H and O–H groups in total. The second kappa shape index (κ2) is 8.54. The molecule has 7 heteroatoms. The average Bonchev–Trinajstić information content (AvgIpc) is 2.67. The SMILES string of the molecule is Cc1cccc(N2CCN(C(=O)CCNc3ccccc3C(F)(F)F)CC2)c1. The van der Waals surface area contributed by atoms with Crippen molar-refractivity contribution in [2.45, 2.75) is 19.5 Å². The van der Waals surface area contributed by atoms with E-state index in [2.05, 4.69) is 22.3 Å². The van der Waals surface area contributed by atoms with Crippen molar-refractivity contribution in [3.63, 3.8) is 0 Å². The number of para-hydroxylation sites is 1. The van der Waals surface area contributed by atoms with Gasteiger partial charge in [0.2, 0.25) is 5.91 Å². The number of anilines is 2. The summed E-state index contributed by atoms with van der Waals surface area (Å²) in [6, 6.07) is 13.6. The van der Waals surface area contributed by atoms with Gasteiger partial charge in [-0.05, 0) is 36.8 Å². The third-order valence-corrected chi connectivity index (χ3v) is 4.89. The number of nitrogens with zero attached hydrogens (tertiary/aromatic N) is 2. The number of hydrogen-bond donors (Lipinski definition) is 1. The van der Waals surface area contributed by atoms with Gasteiger partial charge in [0, 0.05) is 50.5 Å². The van der Waals surface area contributed by atoms with Gasteiger partial charge in [-0.2, -0.15) is 13.2 Å². The Morgan fingerprint density at radius 2 is 1.75 bits per heavy atom. The topological polar surface area (TPSA) is 35.6 Å². The average molecular weight is 391 g/mol. The van der Waals surface area contributed by atoms with E-state index in [0.717, 1.165) is 24.8 Å². The summed E-state index contributed by atoms with van der Waals surface area (Å²) in [6.45, 7) is 4.95. The highest BCUT2D eigenvalue weighted by molar-refractivity contribution is 5.77. The van der Waals surface area contributed by atoms with E-state index < -0.39 is 11.7 Å². The van der Waals surface area contributed by atoms with Crippen molar-refractivity contribution in [1.82, 2.24) is 4.90 Å². The van der Waals surface area contributed by atoms with Gasteiger partial charge in [-0.1, -0.05) is 24.3 Å². The molecule has 0 saturated carbocycles. The number of halogens is 3. The van der Waals surface area contributed by atoms with E-state index in [-0.39, 0.29) is 24.6 Å². The van der Waals surface area contributed by atoms with Gasteiger partial charge in [-0.15, -0.1) is 0 Å². The monoisotopic (exact) mass is 391 g/mol. The number of benzene rings is 2. The molecule has 1 heterocycles. The Hall–Kier alpha value is -2.70. The van der Waals surface area contributed by atoms with Crippen LogP contribution in [0, 0.1) is 6.92 Å². The molecule has 3 rings (SSSR count). The number of hydrogen-bond acceptors (Lipinski definition) is 3. The highest BCUT2D eigenvalue weighted by atomic mass is 19.4. The predicted molar refractivity (Wildman–Crippen MR) is 105 cm³/mol. The fraction of sp³-hybridized carbons (Fsp3) is 0.381. The first-order valence-electron chi connectivity index (χ1n) is 9.34. The fourth-order valence-corrected chi connectivity index (χ4v) is 3.39. The quantitative estimate of drug-likeness (QED) is 0.831. The summed E-state index contributed by atoms with van der Waals surface area (Å²) in [5, 5.41) is 2.75. The van der Waals surface area contributed by atoms with Crippen molar-refractivity contribution in [3.8, 4) is 0 Å². The van der Waals surface area contributed by atoms with Gasteiger partial charge in [0.1, 0.15) is 0 Å². The van der Waals surface area contributed by atoms with Crippen LogP contribution in [0.4, 0.5) is 24.5 Å². The van der Waals surface area contributed by atoms with Gasteiger partial charge in [0.05, 0.1) is 5.56 Å². The van der Waals surface area contributed by atoms with Crippen LogP contribution in [0.3, 0.4) is 0 Å². The molecule has 0 radical (unpaired) electrons. The summed E-state index contributed by atoms with van der Waals surface area (Å²) in [6.07, 6.45) is -4.25. The number of carbonyl (C=O) groups excluding carboxylic acids is 1. The minimum Gasteiger partial charge on any atom is -0.384 e. The first kappa shape index (κ1) is 20.0. The van der Waals surface area contributed by atoms with Gasteiger partial charge in [0.25, 0.3) is 0 Å². The molecule has 150 valence electrons. The lowest BCUT2D eigenvalue weighted by Crippen LogP contribution is -2.49. The maximum atomic E-state index is 13.0. The van der Waals surface area contributed by atoms with Crippen LogP contribution >= 0.6 is 0 Å². The number of piperazine rings is 1. The molecule has 2 aromatic rings. The zero-order valence-corrected chi connectivity index (χ0v) is 15.8. The van der Waals surface area contributed by atoms with Crippen LogP contribution in [0.25, 0.3) is 0 Å². The molecule has 0 bridgehead atoms. The Bertz CT molecular complexity index is 815. The zero-order chi connectivity index (χ0) is 20.1. The largest absolute Gasteiger partial charge is 0.418 e. The Balaban J connectivity index is 1.48. The van der Waals surface area contributed by atoms with Crippen LogP contribution in [0.1, 0.15) is 17.5 Å². The molecule has 1 amide bonds. The number of alkyl halides is 3. The van der Waals surface area contributed by atoms with Gasteiger partial charge < -0.3 is 15.1 Å². The first-order chi connectivity index (χ1) is 13.3. The molecule has 1 saturated heterocycles. The van der Waals surface area contributed by atoms with Gasteiger partial charge in [-0.3, -0.25) is 4.79 Å². The molecular weight excluding hydrogens is 367 g/mol. The fourth-order valence-electron chi connectivity index (χ4n) is 3.39. The van der Waals surface area contributed by atoms with Gasteiger partial charge in [0.15, 0.2) is 0 Å². The molecule has 0 spiro atoms. The summed E-state index contributed by atoms with van der Waals surface area (Å²) >= 11 is 0. The summed E-state index contributed by atoms with van der Waals surface area (Å²) < 4.78 is 39.0. The van der Waals surface area contributed by atoms with E-state index in [4.69, 9.17) is 0 Å². The van der Waals surface area contributed by atoms with Crippen LogP contribution in [-0.4, -0.2) is 43.5 Å².